The number of H-pyrrole nitrogens is 1. The Morgan fingerprint density at radius 3 is 2.62 bits per heavy atom. The molecular formula is C32H34FN5O4. The average molecular weight is 572 g/mol. The van der Waals surface area contributed by atoms with E-state index in [9.17, 15) is 14.0 Å². The lowest BCUT2D eigenvalue weighted by Crippen LogP contribution is -2.32. The lowest BCUT2D eigenvalue weighted by atomic mass is 9.83. The molecule has 1 atom stereocenters. The first kappa shape index (κ1) is 28.8. The lowest BCUT2D eigenvalue weighted by molar-refractivity contribution is -0.120. The molecule has 42 heavy (non-hydrogen) atoms. The molecule has 0 fully saturated rings. The van der Waals surface area contributed by atoms with Crippen LogP contribution in [0.5, 0.6) is 11.5 Å². The highest BCUT2D eigenvalue weighted by atomic mass is 19.1. The molecule has 10 heteroatoms. The summed E-state index contributed by atoms with van der Waals surface area (Å²) in [4.78, 5) is 29.7. The summed E-state index contributed by atoms with van der Waals surface area (Å²) in [5, 5.41) is 12.4. The summed E-state index contributed by atoms with van der Waals surface area (Å²) in [5.74, 6) is 0.944. The van der Waals surface area contributed by atoms with Crippen molar-refractivity contribution in [2.75, 3.05) is 5.32 Å². The third-order valence-electron chi connectivity index (χ3n) is 6.85. The van der Waals surface area contributed by atoms with Crippen LogP contribution in [-0.4, -0.2) is 32.8 Å². The fraction of sp³-hybridized carbons (Fsp3) is 0.312. The number of nitrogens with one attached hydrogen (secondary N) is 3. The molecule has 0 bridgehead atoms. The van der Waals surface area contributed by atoms with E-state index in [-0.39, 0.29) is 18.4 Å². The first-order chi connectivity index (χ1) is 20.1. The number of rotatable bonds is 8. The molecule has 3 N–H and O–H groups in total. The van der Waals surface area contributed by atoms with Crippen molar-refractivity contribution in [2.45, 2.75) is 58.9 Å². The number of alkyl carbamates (subject to hydrolysis) is 1. The first-order valence-corrected chi connectivity index (χ1v) is 13.9. The quantitative estimate of drug-likeness (QED) is 0.222. The molecule has 1 unspecified atom stereocenters. The second-order valence-corrected chi connectivity index (χ2v) is 11.4. The maximum Gasteiger partial charge on any atom is 0.407 e. The summed E-state index contributed by atoms with van der Waals surface area (Å²) in [6.45, 7) is 4.79. The summed E-state index contributed by atoms with van der Waals surface area (Å²) in [6.07, 6.45) is 6.62. The van der Waals surface area contributed by atoms with E-state index in [1.807, 2.05) is 24.3 Å². The molecule has 2 aromatic heterocycles. The zero-order valence-electron chi connectivity index (χ0n) is 23.9. The van der Waals surface area contributed by atoms with Crippen LogP contribution in [0.3, 0.4) is 0 Å². The van der Waals surface area contributed by atoms with Crippen molar-refractivity contribution in [3.63, 3.8) is 0 Å². The van der Waals surface area contributed by atoms with Crippen LogP contribution in [0.2, 0.25) is 0 Å². The van der Waals surface area contributed by atoms with Crippen molar-refractivity contribution < 1.29 is 23.5 Å². The largest absolute Gasteiger partial charge is 0.457 e. The van der Waals surface area contributed by atoms with Gasteiger partial charge in [-0.15, -0.1) is 0 Å². The number of aromatic amines is 1. The number of hydrogen-bond donors (Lipinski definition) is 3. The highest BCUT2D eigenvalue weighted by Gasteiger charge is 2.25. The van der Waals surface area contributed by atoms with Crippen LogP contribution < -0.4 is 15.4 Å². The number of nitrogens with zero attached hydrogens (tertiary/aromatic N) is 2. The van der Waals surface area contributed by atoms with Gasteiger partial charge in [0, 0.05) is 42.2 Å². The van der Waals surface area contributed by atoms with Gasteiger partial charge in [0.2, 0.25) is 5.91 Å². The van der Waals surface area contributed by atoms with Gasteiger partial charge in [0.25, 0.3) is 0 Å². The van der Waals surface area contributed by atoms with E-state index in [1.165, 1.54) is 5.56 Å². The number of anilines is 1. The van der Waals surface area contributed by atoms with Crippen LogP contribution in [0.1, 0.15) is 49.4 Å². The number of amides is 2. The predicted molar refractivity (Wildman–Crippen MR) is 157 cm³/mol. The second kappa shape index (κ2) is 12.4. The van der Waals surface area contributed by atoms with Crippen molar-refractivity contribution in [1.29, 1.82) is 0 Å². The van der Waals surface area contributed by atoms with Crippen LogP contribution in [0.4, 0.5) is 14.9 Å². The zero-order chi connectivity index (χ0) is 29.7. The van der Waals surface area contributed by atoms with Gasteiger partial charge in [-0.2, -0.15) is 5.10 Å². The third-order valence-corrected chi connectivity index (χ3v) is 6.85. The van der Waals surface area contributed by atoms with E-state index in [0.29, 0.717) is 41.2 Å². The molecule has 2 aromatic carbocycles. The average Bonchev–Trinajstić information content (AvgIpc) is 3.50. The minimum absolute atomic E-state index is 0.132. The lowest BCUT2D eigenvalue weighted by Gasteiger charge is -2.24. The van der Waals surface area contributed by atoms with Gasteiger partial charge < -0.3 is 20.1 Å². The maximum atomic E-state index is 13.6. The molecule has 0 radical (unpaired) electrons. The standard InChI is InChI=1S/C32H34FN5O4/c1-32(2,3)42-31(40)35-17-21-10-20(16-33)11-26(12-21)38-30(39)23-5-4-22-6-7-27(14-24(22)13-23)41-28-8-9-34-29(15-28)25-18-36-37-19-25/h6-12,14-15,18-19,23H,4-5,13,16-17H2,1-3H3,(H,35,40)(H,36,37)(H,38,39). The van der Waals surface area contributed by atoms with Crippen molar-refractivity contribution in [3.05, 3.63) is 89.4 Å². The Morgan fingerprint density at radius 1 is 1.05 bits per heavy atom. The van der Waals surface area contributed by atoms with Crippen molar-refractivity contribution in [1.82, 2.24) is 20.5 Å². The van der Waals surface area contributed by atoms with Crippen LogP contribution in [0, 0.1) is 5.92 Å². The minimum atomic E-state index is -0.691. The molecule has 5 rings (SSSR count). The van der Waals surface area contributed by atoms with Gasteiger partial charge in [0.05, 0.1) is 11.9 Å². The van der Waals surface area contributed by atoms with Crippen LogP contribution >= 0.6 is 0 Å². The topological polar surface area (TPSA) is 118 Å². The SMILES string of the molecule is CC(C)(C)OC(=O)NCc1cc(CF)cc(NC(=O)C2CCc3ccc(Oc4ccnc(-c5cn[nH]c5)c4)cc3C2)c1. The van der Waals surface area contributed by atoms with Gasteiger partial charge in [-0.25, -0.2) is 9.18 Å². The van der Waals surface area contributed by atoms with Crippen LogP contribution in [0.25, 0.3) is 11.3 Å². The highest BCUT2D eigenvalue weighted by molar-refractivity contribution is 5.93. The molecule has 4 aromatic rings. The maximum absolute atomic E-state index is 13.6. The Morgan fingerprint density at radius 2 is 1.86 bits per heavy atom. The summed E-state index contributed by atoms with van der Waals surface area (Å²) in [6, 6.07) is 14.6. The van der Waals surface area contributed by atoms with E-state index in [2.05, 4.69) is 25.8 Å². The number of ether oxygens (including phenoxy) is 2. The summed E-state index contributed by atoms with van der Waals surface area (Å²) < 4.78 is 25.0. The normalized spacial score (nSPS) is 14.5. The Bertz CT molecular complexity index is 1570. The number of halogens is 1. The number of fused-ring (bicyclic) bond motifs is 1. The number of carbonyl (C=O) groups is 2. The molecule has 1 aliphatic carbocycles. The Labute approximate surface area is 243 Å². The van der Waals surface area contributed by atoms with Crippen molar-refractivity contribution in [3.8, 4) is 22.8 Å². The monoisotopic (exact) mass is 571 g/mol. The predicted octanol–water partition coefficient (Wildman–Crippen LogP) is 6.50. The molecule has 2 heterocycles. The first-order valence-electron chi connectivity index (χ1n) is 13.9. The second-order valence-electron chi connectivity index (χ2n) is 11.4. The molecule has 9 nitrogen and oxygen atoms in total. The number of pyridine rings is 1. The molecule has 0 aliphatic heterocycles. The van der Waals surface area contributed by atoms with Gasteiger partial charge in [-0.1, -0.05) is 12.1 Å². The molecular weight excluding hydrogens is 537 g/mol. The van der Waals surface area contributed by atoms with Gasteiger partial charge in [0.1, 0.15) is 23.8 Å². The zero-order valence-corrected chi connectivity index (χ0v) is 23.9. The van der Waals surface area contributed by atoms with E-state index < -0.39 is 18.4 Å². The van der Waals surface area contributed by atoms with Crippen LogP contribution in [-0.2, 0) is 35.6 Å². The highest BCUT2D eigenvalue weighted by Crippen LogP contribution is 2.32. The van der Waals surface area contributed by atoms with Gasteiger partial charge in [-0.3, -0.25) is 14.9 Å². The summed E-state index contributed by atoms with van der Waals surface area (Å²) >= 11 is 0. The number of hydrogen-bond acceptors (Lipinski definition) is 6. The van der Waals surface area contributed by atoms with Crippen molar-refractivity contribution in [2.24, 2.45) is 5.92 Å². The number of alkyl halides is 1. The molecule has 218 valence electrons. The smallest absolute Gasteiger partial charge is 0.407 e. The van der Waals surface area contributed by atoms with E-state index in [4.69, 9.17) is 9.47 Å². The Kier molecular flexibility index (Phi) is 8.51. The minimum Gasteiger partial charge on any atom is -0.457 e. The van der Waals surface area contributed by atoms with E-state index in [1.54, 1.807) is 63.6 Å². The fourth-order valence-electron chi connectivity index (χ4n) is 4.93. The van der Waals surface area contributed by atoms with Crippen LogP contribution in [0.15, 0.2) is 67.1 Å². The van der Waals surface area contributed by atoms with E-state index >= 15 is 0 Å². The number of carbonyl (C=O) groups excluding carboxylic acids is 2. The molecule has 0 saturated carbocycles. The Balaban J connectivity index is 1.23. The van der Waals surface area contributed by atoms with Crippen molar-refractivity contribution >= 4 is 17.7 Å². The summed E-state index contributed by atoms with van der Waals surface area (Å²) in [5.41, 5.74) is 4.80. The summed E-state index contributed by atoms with van der Waals surface area (Å²) in [7, 11) is 0. The molecule has 2 amide bonds. The number of aryl methyl sites for hydroxylation is 1. The van der Waals surface area contributed by atoms with Gasteiger partial charge >= 0.3 is 6.09 Å². The molecule has 1 aliphatic rings. The Hall–Kier alpha value is -4.73. The van der Waals surface area contributed by atoms with Gasteiger partial charge in [0.15, 0.2) is 0 Å². The number of aromatic nitrogens is 3. The molecule has 0 spiro atoms. The third kappa shape index (κ3) is 7.51. The molecule has 0 saturated heterocycles. The number of benzene rings is 2. The van der Waals surface area contributed by atoms with E-state index in [0.717, 1.165) is 23.2 Å². The fourth-order valence-corrected chi connectivity index (χ4v) is 4.93. The van der Waals surface area contributed by atoms with Gasteiger partial charge in [-0.05, 0) is 92.6 Å².